The minimum Gasteiger partial charge on any atom is -0.362 e. The molecule has 2 aromatic heterocycles. The zero-order chi connectivity index (χ0) is 10.3. The van der Waals surface area contributed by atoms with Crippen LogP contribution in [-0.2, 0) is 0 Å². The zero-order valence-corrected chi connectivity index (χ0v) is 9.64. The molecule has 2 heterocycles. The molecule has 14 heavy (non-hydrogen) atoms. The first-order chi connectivity index (χ1) is 6.58. The van der Waals surface area contributed by atoms with Crippen molar-refractivity contribution >= 4 is 27.4 Å². The third kappa shape index (κ3) is 1.46. The normalized spacial score (nSPS) is 10.9. The molecule has 0 saturated heterocycles. The predicted octanol–water partition coefficient (Wildman–Crippen LogP) is 2.37. The largest absolute Gasteiger partial charge is 0.362 e. The summed E-state index contributed by atoms with van der Waals surface area (Å²) in [6, 6.07) is 2.15. The highest BCUT2D eigenvalue weighted by atomic mass is 32.1. The van der Waals surface area contributed by atoms with Crippen LogP contribution in [0.5, 0.6) is 0 Å². The molecule has 0 aliphatic heterocycles. The third-order valence-corrected chi connectivity index (χ3v) is 2.98. The van der Waals surface area contributed by atoms with E-state index < -0.39 is 0 Å². The van der Waals surface area contributed by atoms with E-state index in [0.717, 1.165) is 21.9 Å². The van der Waals surface area contributed by atoms with Gasteiger partial charge < -0.3 is 4.90 Å². The first-order valence-corrected chi connectivity index (χ1v) is 5.31. The van der Waals surface area contributed by atoms with E-state index >= 15 is 0 Å². The second-order valence-corrected chi connectivity index (χ2v) is 4.80. The number of aryl methyl sites for hydroxylation is 2. The summed E-state index contributed by atoms with van der Waals surface area (Å²) in [7, 11) is 4.02. The van der Waals surface area contributed by atoms with Crippen LogP contribution in [0.4, 0.5) is 5.82 Å². The Balaban J connectivity index is 2.79. The number of fused-ring (bicyclic) bond motifs is 1. The minimum absolute atomic E-state index is 0.836. The van der Waals surface area contributed by atoms with Crippen molar-refractivity contribution in [3.05, 3.63) is 16.8 Å². The molecule has 0 fully saturated rings. The van der Waals surface area contributed by atoms with E-state index in [-0.39, 0.29) is 0 Å². The summed E-state index contributed by atoms with van der Waals surface area (Å²) in [6.45, 7) is 4.03. The number of nitrogens with zero attached hydrogens (tertiary/aromatic N) is 3. The summed E-state index contributed by atoms with van der Waals surface area (Å²) in [6.07, 6.45) is 0. The maximum absolute atomic E-state index is 4.44. The topological polar surface area (TPSA) is 29.0 Å². The Kier molecular flexibility index (Phi) is 2.15. The fourth-order valence-corrected chi connectivity index (χ4v) is 2.39. The van der Waals surface area contributed by atoms with Crippen LogP contribution in [0, 0.1) is 13.8 Å². The fourth-order valence-electron chi connectivity index (χ4n) is 1.47. The molecule has 0 radical (unpaired) electrons. The smallest absolute Gasteiger partial charge is 0.140 e. The number of aromatic nitrogens is 2. The molecule has 0 atom stereocenters. The Bertz CT molecular complexity index is 473. The predicted molar refractivity (Wildman–Crippen MR) is 61.2 cm³/mol. The Labute approximate surface area is 87.4 Å². The molecular weight excluding hydrogens is 194 g/mol. The number of thiophene rings is 1. The summed E-state index contributed by atoms with van der Waals surface area (Å²) in [5.74, 6) is 1.85. The highest BCUT2D eigenvalue weighted by Gasteiger charge is 2.09. The van der Waals surface area contributed by atoms with E-state index in [2.05, 4.69) is 23.0 Å². The number of hydrogen-bond acceptors (Lipinski definition) is 4. The molecule has 0 bridgehead atoms. The molecule has 0 spiro atoms. The van der Waals surface area contributed by atoms with Gasteiger partial charge in [0.15, 0.2) is 0 Å². The summed E-state index contributed by atoms with van der Waals surface area (Å²) in [5, 5.41) is 1.16. The van der Waals surface area contributed by atoms with Crippen LogP contribution in [0.25, 0.3) is 10.2 Å². The van der Waals surface area contributed by atoms with Crippen LogP contribution in [0.3, 0.4) is 0 Å². The zero-order valence-electron chi connectivity index (χ0n) is 8.83. The van der Waals surface area contributed by atoms with Crippen molar-refractivity contribution in [1.82, 2.24) is 9.97 Å². The van der Waals surface area contributed by atoms with Crippen molar-refractivity contribution < 1.29 is 0 Å². The van der Waals surface area contributed by atoms with Gasteiger partial charge in [-0.15, -0.1) is 11.3 Å². The number of anilines is 1. The van der Waals surface area contributed by atoms with Crippen molar-refractivity contribution in [1.29, 1.82) is 0 Å². The molecular formula is C10H13N3S. The average molecular weight is 207 g/mol. The van der Waals surface area contributed by atoms with Crippen molar-refractivity contribution in [3.8, 4) is 0 Å². The van der Waals surface area contributed by atoms with Gasteiger partial charge in [0, 0.05) is 19.0 Å². The van der Waals surface area contributed by atoms with Crippen LogP contribution in [0.1, 0.15) is 10.7 Å². The molecule has 0 saturated carbocycles. The monoisotopic (exact) mass is 207 g/mol. The molecule has 2 aromatic rings. The van der Waals surface area contributed by atoms with Gasteiger partial charge in [-0.3, -0.25) is 0 Å². The van der Waals surface area contributed by atoms with Crippen LogP contribution in [-0.4, -0.2) is 24.1 Å². The molecule has 0 unspecified atom stereocenters. The van der Waals surface area contributed by atoms with E-state index in [1.165, 1.54) is 4.88 Å². The number of rotatable bonds is 1. The molecule has 0 aliphatic carbocycles. The van der Waals surface area contributed by atoms with Gasteiger partial charge >= 0.3 is 0 Å². The van der Waals surface area contributed by atoms with Gasteiger partial charge in [-0.25, -0.2) is 9.97 Å². The maximum Gasteiger partial charge on any atom is 0.140 e. The lowest BCUT2D eigenvalue weighted by Gasteiger charge is -2.12. The second-order valence-electron chi connectivity index (χ2n) is 3.56. The molecule has 0 amide bonds. The molecule has 0 aliphatic rings. The lowest BCUT2D eigenvalue weighted by atomic mass is 10.3. The Morgan fingerprint density at radius 1 is 1.21 bits per heavy atom. The maximum atomic E-state index is 4.44. The van der Waals surface area contributed by atoms with Crippen LogP contribution >= 0.6 is 11.3 Å². The standard InChI is InChI=1S/C10H13N3S/c1-6-5-8-9(13(3)4)11-7(2)12-10(8)14-6/h5H,1-4H3. The average Bonchev–Trinajstić information content (AvgIpc) is 2.42. The van der Waals surface area contributed by atoms with E-state index in [1.54, 1.807) is 11.3 Å². The first kappa shape index (κ1) is 9.40. The van der Waals surface area contributed by atoms with Crippen molar-refractivity contribution in [2.24, 2.45) is 0 Å². The van der Waals surface area contributed by atoms with E-state index in [0.29, 0.717) is 0 Å². The molecule has 2 rings (SSSR count). The van der Waals surface area contributed by atoms with Crippen molar-refractivity contribution in [2.45, 2.75) is 13.8 Å². The van der Waals surface area contributed by atoms with Gasteiger partial charge in [-0.2, -0.15) is 0 Å². The third-order valence-electron chi connectivity index (χ3n) is 2.03. The molecule has 3 nitrogen and oxygen atoms in total. The summed E-state index contributed by atoms with van der Waals surface area (Å²) in [5.41, 5.74) is 0. The quantitative estimate of drug-likeness (QED) is 0.719. The minimum atomic E-state index is 0.836. The summed E-state index contributed by atoms with van der Waals surface area (Å²) < 4.78 is 0. The van der Waals surface area contributed by atoms with Gasteiger partial charge in [-0.1, -0.05) is 0 Å². The van der Waals surface area contributed by atoms with Gasteiger partial charge in [0.2, 0.25) is 0 Å². The Morgan fingerprint density at radius 3 is 2.57 bits per heavy atom. The molecule has 0 aromatic carbocycles. The first-order valence-electron chi connectivity index (χ1n) is 4.50. The second kappa shape index (κ2) is 3.20. The van der Waals surface area contributed by atoms with Crippen molar-refractivity contribution in [3.63, 3.8) is 0 Å². The Hall–Kier alpha value is -1.16. The van der Waals surface area contributed by atoms with Crippen LogP contribution in [0.2, 0.25) is 0 Å². The van der Waals surface area contributed by atoms with Crippen molar-refractivity contribution in [2.75, 3.05) is 19.0 Å². The van der Waals surface area contributed by atoms with E-state index in [4.69, 9.17) is 0 Å². The van der Waals surface area contributed by atoms with Crippen LogP contribution < -0.4 is 4.90 Å². The Morgan fingerprint density at radius 2 is 1.93 bits per heavy atom. The highest BCUT2D eigenvalue weighted by Crippen LogP contribution is 2.29. The summed E-state index contributed by atoms with van der Waals surface area (Å²) >= 11 is 1.72. The van der Waals surface area contributed by atoms with Gasteiger partial charge in [0.1, 0.15) is 16.5 Å². The lowest BCUT2D eigenvalue weighted by Crippen LogP contribution is -2.11. The van der Waals surface area contributed by atoms with E-state index in [9.17, 15) is 0 Å². The van der Waals surface area contributed by atoms with Gasteiger partial charge in [0.25, 0.3) is 0 Å². The van der Waals surface area contributed by atoms with E-state index in [1.807, 2.05) is 25.9 Å². The van der Waals surface area contributed by atoms with Crippen LogP contribution in [0.15, 0.2) is 6.07 Å². The fraction of sp³-hybridized carbons (Fsp3) is 0.400. The lowest BCUT2D eigenvalue weighted by molar-refractivity contribution is 1.02. The van der Waals surface area contributed by atoms with Gasteiger partial charge in [0.05, 0.1) is 5.39 Å². The number of hydrogen-bond donors (Lipinski definition) is 0. The van der Waals surface area contributed by atoms with Gasteiger partial charge in [-0.05, 0) is 19.9 Å². The summed E-state index contributed by atoms with van der Waals surface area (Å²) in [4.78, 5) is 13.2. The molecule has 0 N–H and O–H groups in total. The molecule has 74 valence electrons. The highest BCUT2D eigenvalue weighted by molar-refractivity contribution is 7.18. The molecule has 4 heteroatoms. The SMILES string of the molecule is Cc1nc(N(C)C)c2cc(C)sc2n1.